The largest absolute Gasteiger partial charge is 0.378 e. The molecule has 2 N–H and O–H groups in total. The van der Waals surface area contributed by atoms with Crippen LogP contribution in [-0.2, 0) is 14.3 Å². The van der Waals surface area contributed by atoms with Crippen LogP contribution in [0.4, 0.5) is 11.4 Å². The van der Waals surface area contributed by atoms with Crippen LogP contribution in [0.1, 0.15) is 13.3 Å². The summed E-state index contributed by atoms with van der Waals surface area (Å²) in [6.07, 6.45) is 0.265. The van der Waals surface area contributed by atoms with Gasteiger partial charge in [0.15, 0.2) is 0 Å². The SMILES string of the molecule is CC(=O)NCCC(=O)Nc1cccc(N2CCOCC2)c1. The van der Waals surface area contributed by atoms with Gasteiger partial charge in [-0.1, -0.05) is 6.07 Å². The van der Waals surface area contributed by atoms with Gasteiger partial charge in [0.2, 0.25) is 11.8 Å². The third kappa shape index (κ3) is 5.07. The molecule has 1 fully saturated rings. The van der Waals surface area contributed by atoms with Crippen molar-refractivity contribution in [2.75, 3.05) is 43.1 Å². The number of nitrogens with zero attached hydrogens (tertiary/aromatic N) is 1. The van der Waals surface area contributed by atoms with Gasteiger partial charge in [-0.2, -0.15) is 0 Å². The number of amides is 2. The zero-order valence-corrected chi connectivity index (χ0v) is 12.2. The van der Waals surface area contributed by atoms with E-state index in [0.717, 1.165) is 37.7 Å². The van der Waals surface area contributed by atoms with Crippen molar-refractivity contribution in [2.45, 2.75) is 13.3 Å². The number of rotatable bonds is 5. The fraction of sp³-hybridized carbons (Fsp3) is 0.467. The van der Waals surface area contributed by atoms with Gasteiger partial charge in [0, 0.05) is 44.4 Å². The van der Waals surface area contributed by atoms with E-state index in [1.54, 1.807) is 0 Å². The molecule has 0 aliphatic carbocycles. The van der Waals surface area contributed by atoms with Crippen LogP contribution in [0.25, 0.3) is 0 Å². The highest BCUT2D eigenvalue weighted by Crippen LogP contribution is 2.20. The lowest BCUT2D eigenvalue weighted by molar-refractivity contribution is -0.119. The Morgan fingerprint density at radius 3 is 2.76 bits per heavy atom. The zero-order chi connectivity index (χ0) is 15.1. The Labute approximate surface area is 124 Å². The zero-order valence-electron chi connectivity index (χ0n) is 12.2. The van der Waals surface area contributed by atoms with Crippen LogP contribution in [0.5, 0.6) is 0 Å². The van der Waals surface area contributed by atoms with E-state index in [2.05, 4.69) is 15.5 Å². The molecule has 0 aromatic heterocycles. The normalized spacial score (nSPS) is 14.6. The van der Waals surface area contributed by atoms with E-state index >= 15 is 0 Å². The lowest BCUT2D eigenvalue weighted by Gasteiger charge is -2.29. The Hall–Kier alpha value is -2.08. The summed E-state index contributed by atoms with van der Waals surface area (Å²) in [4.78, 5) is 24.8. The number of ether oxygens (including phenoxy) is 1. The Morgan fingerprint density at radius 1 is 1.29 bits per heavy atom. The maximum absolute atomic E-state index is 11.8. The van der Waals surface area contributed by atoms with E-state index < -0.39 is 0 Å². The van der Waals surface area contributed by atoms with Crippen molar-refractivity contribution < 1.29 is 14.3 Å². The first kappa shape index (κ1) is 15.3. The lowest BCUT2D eigenvalue weighted by Crippen LogP contribution is -2.36. The van der Waals surface area contributed by atoms with Gasteiger partial charge in [-0.25, -0.2) is 0 Å². The van der Waals surface area contributed by atoms with Gasteiger partial charge in [0.05, 0.1) is 13.2 Å². The number of carbonyl (C=O) groups excluding carboxylic acids is 2. The number of nitrogens with one attached hydrogen (secondary N) is 2. The molecular weight excluding hydrogens is 270 g/mol. The van der Waals surface area contributed by atoms with Gasteiger partial charge >= 0.3 is 0 Å². The fourth-order valence-electron chi connectivity index (χ4n) is 2.18. The lowest BCUT2D eigenvalue weighted by atomic mass is 10.2. The molecule has 2 amide bonds. The summed E-state index contributed by atoms with van der Waals surface area (Å²) < 4.78 is 5.33. The minimum Gasteiger partial charge on any atom is -0.378 e. The van der Waals surface area contributed by atoms with Crippen molar-refractivity contribution in [3.63, 3.8) is 0 Å². The molecule has 0 spiro atoms. The molecule has 114 valence electrons. The first-order valence-corrected chi connectivity index (χ1v) is 7.12. The topological polar surface area (TPSA) is 70.7 Å². The molecule has 1 aromatic rings. The van der Waals surface area contributed by atoms with E-state index in [1.165, 1.54) is 6.92 Å². The van der Waals surface area contributed by atoms with E-state index in [9.17, 15) is 9.59 Å². The van der Waals surface area contributed by atoms with Crippen molar-refractivity contribution in [3.05, 3.63) is 24.3 Å². The van der Waals surface area contributed by atoms with Crippen molar-refractivity contribution in [1.29, 1.82) is 0 Å². The van der Waals surface area contributed by atoms with Crippen molar-refractivity contribution in [3.8, 4) is 0 Å². The molecular formula is C15H21N3O3. The fourth-order valence-corrected chi connectivity index (χ4v) is 2.18. The number of hydrogen-bond donors (Lipinski definition) is 2. The summed E-state index contributed by atoms with van der Waals surface area (Å²) in [6, 6.07) is 7.77. The summed E-state index contributed by atoms with van der Waals surface area (Å²) in [5.41, 5.74) is 1.85. The van der Waals surface area contributed by atoms with Gasteiger partial charge in [-0.3, -0.25) is 9.59 Å². The monoisotopic (exact) mass is 291 g/mol. The summed E-state index contributed by atoms with van der Waals surface area (Å²) >= 11 is 0. The molecule has 2 rings (SSSR count). The minimum atomic E-state index is -0.128. The predicted octanol–water partition coefficient (Wildman–Crippen LogP) is 0.988. The summed E-state index contributed by atoms with van der Waals surface area (Å²) in [5, 5.41) is 5.45. The molecule has 0 bridgehead atoms. The van der Waals surface area contributed by atoms with Gasteiger partial charge in [0.1, 0.15) is 0 Å². The third-order valence-corrected chi connectivity index (χ3v) is 3.23. The van der Waals surface area contributed by atoms with Crippen LogP contribution in [-0.4, -0.2) is 44.7 Å². The minimum absolute atomic E-state index is 0.108. The molecule has 1 aliphatic rings. The number of anilines is 2. The predicted molar refractivity (Wildman–Crippen MR) is 81.4 cm³/mol. The molecule has 0 saturated carbocycles. The van der Waals surface area contributed by atoms with E-state index in [-0.39, 0.29) is 18.2 Å². The first-order valence-electron chi connectivity index (χ1n) is 7.12. The highest BCUT2D eigenvalue weighted by Gasteiger charge is 2.11. The van der Waals surface area contributed by atoms with Crippen molar-refractivity contribution >= 4 is 23.2 Å². The van der Waals surface area contributed by atoms with Crippen molar-refractivity contribution in [1.82, 2.24) is 5.32 Å². The standard InChI is InChI=1S/C15H21N3O3/c1-12(19)16-6-5-15(20)17-13-3-2-4-14(11-13)18-7-9-21-10-8-18/h2-4,11H,5-10H2,1H3,(H,16,19)(H,17,20). The van der Waals surface area contributed by atoms with Crippen LogP contribution < -0.4 is 15.5 Å². The molecule has 1 aromatic carbocycles. The third-order valence-electron chi connectivity index (χ3n) is 3.23. The highest BCUT2D eigenvalue weighted by molar-refractivity contribution is 5.91. The van der Waals surface area contributed by atoms with Crippen molar-refractivity contribution in [2.24, 2.45) is 0 Å². The maximum Gasteiger partial charge on any atom is 0.226 e. The molecule has 1 aliphatic heterocycles. The summed E-state index contributed by atoms with van der Waals surface area (Å²) in [7, 11) is 0. The second-order valence-corrected chi connectivity index (χ2v) is 4.93. The smallest absolute Gasteiger partial charge is 0.226 e. The molecule has 6 heteroatoms. The maximum atomic E-state index is 11.8. The average Bonchev–Trinajstić information content (AvgIpc) is 2.48. The molecule has 1 heterocycles. The molecule has 0 radical (unpaired) electrons. The second-order valence-electron chi connectivity index (χ2n) is 4.93. The van der Waals surface area contributed by atoms with E-state index in [4.69, 9.17) is 4.74 Å². The number of benzene rings is 1. The molecule has 0 atom stereocenters. The summed E-state index contributed by atoms with van der Waals surface area (Å²) in [5.74, 6) is -0.236. The molecule has 1 saturated heterocycles. The Morgan fingerprint density at radius 2 is 2.05 bits per heavy atom. The van der Waals surface area contributed by atoms with Crippen LogP contribution in [0.3, 0.4) is 0 Å². The van der Waals surface area contributed by atoms with Gasteiger partial charge in [0.25, 0.3) is 0 Å². The highest BCUT2D eigenvalue weighted by atomic mass is 16.5. The van der Waals surface area contributed by atoms with Crippen LogP contribution in [0, 0.1) is 0 Å². The average molecular weight is 291 g/mol. The Kier molecular flexibility index (Phi) is 5.57. The first-order chi connectivity index (χ1) is 10.1. The van der Waals surface area contributed by atoms with Crippen LogP contribution >= 0.6 is 0 Å². The van der Waals surface area contributed by atoms with Gasteiger partial charge in [-0.15, -0.1) is 0 Å². The van der Waals surface area contributed by atoms with Gasteiger partial charge in [-0.05, 0) is 18.2 Å². The Bertz CT molecular complexity index is 499. The van der Waals surface area contributed by atoms with Gasteiger partial charge < -0.3 is 20.3 Å². The second kappa shape index (κ2) is 7.64. The number of carbonyl (C=O) groups is 2. The molecule has 6 nitrogen and oxygen atoms in total. The van der Waals surface area contributed by atoms with Crippen LogP contribution in [0.15, 0.2) is 24.3 Å². The van der Waals surface area contributed by atoms with Crippen LogP contribution in [0.2, 0.25) is 0 Å². The quantitative estimate of drug-likeness (QED) is 0.848. The number of hydrogen-bond acceptors (Lipinski definition) is 4. The molecule has 0 unspecified atom stereocenters. The summed E-state index contributed by atoms with van der Waals surface area (Å²) in [6.45, 7) is 4.97. The Balaban J connectivity index is 1.88. The molecule has 21 heavy (non-hydrogen) atoms. The van der Waals surface area contributed by atoms with E-state index in [0.29, 0.717) is 6.54 Å². The number of morpholine rings is 1. The van der Waals surface area contributed by atoms with E-state index in [1.807, 2.05) is 24.3 Å².